The van der Waals surface area contributed by atoms with Crippen LogP contribution in [-0.4, -0.2) is 35.0 Å². The number of amides is 1. The van der Waals surface area contributed by atoms with Gasteiger partial charge in [-0.15, -0.1) is 0 Å². The van der Waals surface area contributed by atoms with Crippen molar-refractivity contribution in [2.24, 2.45) is 5.41 Å². The van der Waals surface area contributed by atoms with Crippen molar-refractivity contribution in [2.45, 2.75) is 26.2 Å². The highest BCUT2D eigenvalue weighted by atomic mass is 79.9. The quantitative estimate of drug-likeness (QED) is 0.875. The van der Waals surface area contributed by atoms with Gasteiger partial charge in [0.15, 0.2) is 0 Å². The number of likely N-dealkylation sites (tertiary alicyclic amines) is 1. The summed E-state index contributed by atoms with van der Waals surface area (Å²) >= 11 is 9.41. The van der Waals surface area contributed by atoms with Crippen LogP contribution >= 0.6 is 27.5 Å². The monoisotopic (exact) mass is 373 g/mol. The first-order valence-corrected chi connectivity index (χ1v) is 8.04. The lowest BCUT2D eigenvalue weighted by molar-refractivity contribution is -0.152. The van der Waals surface area contributed by atoms with E-state index in [1.165, 1.54) is 0 Å². The van der Waals surface area contributed by atoms with E-state index >= 15 is 0 Å². The summed E-state index contributed by atoms with van der Waals surface area (Å²) < 4.78 is 0.792. The van der Waals surface area contributed by atoms with Crippen LogP contribution in [0.1, 0.15) is 36.5 Å². The number of hydrogen-bond acceptors (Lipinski definition) is 2. The minimum atomic E-state index is -0.766. The lowest BCUT2D eigenvalue weighted by Crippen LogP contribution is -2.46. The molecule has 0 saturated carbocycles. The Labute approximate surface area is 137 Å². The smallest absolute Gasteiger partial charge is 0.309 e. The first-order chi connectivity index (χ1) is 9.89. The van der Waals surface area contributed by atoms with E-state index in [0.717, 1.165) is 4.47 Å². The molecule has 1 saturated heterocycles. The number of carboxylic acid groups (broad SMARTS) is 1. The van der Waals surface area contributed by atoms with Gasteiger partial charge in [-0.05, 0) is 37.5 Å². The largest absolute Gasteiger partial charge is 0.481 e. The first-order valence-electron chi connectivity index (χ1n) is 6.87. The summed E-state index contributed by atoms with van der Waals surface area (Å²) in [4.78, 5) is 25.6. The van der Waals surface area contributed by atoms with Crippen LogP contribution in [0.5, 0.6) is 0 Å². The van der Waals surface area contributed by atoms with E-state index in [0.29, 0.717) is 42.9 Å². The van der Waals surface area contributed by atoms with Gasteiger partial charge in [0.2, 0.25) is 0 Å². The molecule has 2 rings (SSSR count). The van der Waals surface area contributed by atoms with Gasteiger partial charge in [0.05, 0.1) is 16.0 Å². The molecular formula is C15H17BrClNO3. The Balaban J connectivity index is 2.13. The van der Waals surface area contributed by atoms with E-state index in [4.69, 9.17) is 11.6 Å². The molecule has 21 heavy (non-hydrogen) atoms. The maximum absolute atomic E-state index is 12.5. The number of benzene rings is 1. The van der Waals surface area contributed by atoms with Crippen molar-refractivity contribution in [3.8, 4) is 0 Å². The molecule has 1 aliphatic rings. The second-order valence-electron chi connectivity index (χ2n) is 5.36. The minimum Gasteiger partial charge on any atom is -0.481 e. The van der Waals surface area contributed by atoms with E-state index in [1.54, 1.807) is 23.1 Å². The number of aliphatic carboxylic acids is 1. The molecule has 0 spiro atoms. The van der Waals surface area contributed by atoms with Crippen molar-refractivity contribution in [3.63, 3.8) is 0 Å². The van der Waals surface area contributed by atoms with Gasteiger partial charge in [0, 0.05) is 17.6 Å². The van der Waals surface area contributed by atoms with Crippen LogP contribution in [-0.2, 0) is 4.79 Å². The Morgan fingerprint density at radius 3 is 2.52 bits per heavy atom. The number of carboxylic acids is 1. The van der Waals surface area contributed by atoms with Crippen LogP contribution in [0, 0.1) is 5.41 Å². The fraction of sp³-hybridized carbons (Fsp3) is 0.467. The first kappa shape index (κ1) is 16.3. The van der Waals surface area contributed by atoms with Crippen LogP contribution < -0.4 is 0 Å². The molecule has 1 aliphatic heterocycles. The standard InChI is InChI=1S/C15H17BrClNO3/c1-2-15(14(20)21)5-7-18(8-6-15)13(19)11-9-10(16)3-4-12(11)17/h3-4,9H,2,5-8H2,1H3,(H,20,21). The minimum absolute atomic E-state index is 0.142. The van der Waals surface area contributed by atoms with E-state index < -0.39 is 11.4 Å². The summed E-state index contributed by atoms with van der Waals surface area (Å²) in [5.74, 6) is -0.908. The van der Waals surface area contributed by atoms with Crippen molar-refractivity contribution < 1.29 is 14.7 Å². The molecule has 114 valence electrons. The molecular weight excluding hydrogens is 358 g/mol. The Morgan fingerprint density at radius 2 is 2.00 bits per heavy atom. The Kier molecular flexibility index (Phi) is 4.94. The third-order valence-corrected chi connectivity index (χ3v) is 5.12. The number of halogens is 2. The zero-order valence-electron chi connectivity index (χ0n) is 11.7. The zero-order valence-corrected chi connectivity index (χ0v) is 14.1. The maximum Gasteiger partial charge on any atom is 0.309 e. The summed E-state index contributed by atoms with van der Waals surface area (Å²) in [6.45, 7) is 2.78. The van der Waals surface area contributed by atoms with Gasteiger partial charge in [0.1, 0.15) is 0 Å². The predicted molar refractivity (Wildman–Crippen MR) is 84.6 cm³/mol. The van der Waals surface area contributed by atoms with E-state index in [-0.39, 0.29) is 5.91 Å². The lowest BCUT2D eigenvalue weighted by Gasteiger charge is -2.38. The van der Waals surface area contributed by atoms with Crippen molar-refractivity contribution in [2.75, 3.05) is 13.1 Å². The zero-order chi connectivity index (χ0) is 15.6. The van der Waals surface area contributed by atoms with Gasteiger partial charge in [-0.25, -0.2) is 0 Å². The molecule has 1 heterocycles. The molecule has 4 nitrogen and oxygen atoms in total. The maximum atomic E-state index is 12.5. The molecule has 0 unspecified atom stereocenters. The fourth-order valence-corrected chi connectivity index (χ4v) is 3.25. The highest BCUT2D eigenvalue weighted by molar-refractivity contribution is 9.10. The SMILES string of the molecule is CCC1(C(=O)O)CCN(C(=O)c2cc(Br)ccc2Cl)CC1. The molecule has 0 atom stereocenters. The number of rotatable bonds is 3. The lowest BCUT2D eigenvalue weighted by atomic mass is 9.76. The molecule has 0 aliphatic carbocycles. The predicted octanol–water partition coefficient (Wildman–Crippen LogP) is 3.82. The van der Waals surface area contributed by atoms with Gasteiger partial charge in [-0.1, -0.05) is 34.5 Å². The fourth-order valence-electron chi connectivity index (χ4n) is 2.69. The topological polar surface area (TPSA) is 57.6 Å². The van der Waals surface area contributed by atoms with Gasteiger partial charge in [0.25, 0.3) is 5.91 Å². The Hall–Kier alpha value is -1.07. The molecule has 6 heteroatoms. The molecule has 0 radical (unpaired) electrons. The van der Waals surface area contributed by atoms with E-state index in [9.17, 15) is 14.7 Å². The third kappa shape index (κ3) is 3.24. The van der Waals surface area contributed by atoms with Crippen LogP contribution in [0.2, 0.25) is 5.02 Å². The normalized spacial score (nSPS) is 17.6. The summed E-state index contributed by atoms with van der Waals surface area (Å²) in [5.41, 5.74) is -0.247. The second-order valence-corrected chi connectivity index (χ2v) is 6.68. The van der Waals surface area contributed by atoms with Crippen molar-refractivity contribution in [1.29, 1.82) is 0 Å². The molecule has 1 N–H and O–H groups in total. The highest BCUT2D eigenvalue weighted by Crippen LogP contribution is 2.36. The molecule has 1 aromatic rings. The molecule has 1 amide bonds. The third-order valence-electron chi connectivity index (χ3n) is 4.30. The summed E-state index contributed by atoms with van der Waals surface area (Å²) in [7, 11) is 0. The number of hydrogen-bond donors (Lipinski definition) is 1. The average Bonchev–Trinajstić information content (AvgIpc) is 2.49. The van der Waals surface area contributed by atoms with Crippen LogP contribution in [0.25, 0.3) is 0 Å². The molecule has 1 aromatic carbocycles. The number of nitrogens with zero attached hydrogens (tertiary/aromatic N) is 1. The van der Waals surface area contributed by atoms with Gasteiger partial charge < -0.3 is 10.0 Å². The van der Waals surface area contributed by atoms with Crippen LogP contribution in [0.15, 0.2) is 22.7 Å². The number of carbonyl (C=O) groups excluding carboxylic acids is 1. The van der Waals surface area contributed by atoms with Gasteiger partial charge in [-0.3, -0.25) is 9.59 Å². The summed E-state index contributed by atoms with van der Waals surface area (Å²) in [5, 5.41) is 9.79. The van der Waals surface area contributed by atoms with Crippen molar-refractivity contribution in [1.82, 2.24) is 4.90 Å². The van der Waals surface area contributed by atoms with Gasteiger partial charge >= 0.3 is 5.97 Å². The Morgan fingerprint density at radius 1 is 1.38 bits per heavy atom. The summed E-state index contributed by atoms with van der Waals surface area (Å²) in [6, 6.07) is 5.15. The highest BCUT2D eigenvalue weighted by Gasteiger charge is 2.41. The summed E-state index contributed by atoms with van der Waals surface area (Å²) in [6.07, 6.45) is 1.55. The van der Waals surface area contributed by atoms with Crippen molar-refractivity contribution >= 4 is 39.4 Å². The molecule has 0 aromatic heterocycles. The van der Waals surface area contributed by atoms with E-state index in [1.807, 2.05) is 6.92 Å². The molecule has 1 fully saturated rings. The average molecular weight is 375 g/mol. The van der Waals surface area contributed by atoms with Crippen LogP contribution in [0.4, 0.5) is 0 Å². The number of piperidine rings is 1. The van der Waals surface area contributed by atoms with Crippen molar-refractivity contribution in [3.05, 3.63) is 33.3 Å². The van der Waals surface area contributed by atoms with Gasteiger partial charge in [-0.2, -0.15) is 0 Å². The second kappa shape index (κ2) is 6.36. The van der Waals surface area contributed by atoms with Crippen LogP contribution in [0.3, 0.4) is 0 Å². The van der Waals surface area contributed by atoms with E-state index in [2.05, 4.69) is 15.9 Å². The number of carbonyl (C=O) groups is 2. The Bertz CT molecular complexity index is 568. The molecule has 0 bridgehead atoms.